The third-order valence-corrected chi connectivity index (χ3v) is 5.85. The van der Waals surface area contributed by atoms with Crippen molar-refractivity contribution in [2.75, 3.05) is 5.84 Å². The highest BCUT2D eigenvalue weighted by Gasteiger charge is 2.20. The second-order valence-electron chi connectivity index (χ2n) is 6.94. The van der Waals surface area contributed by atoms with Crippen LogP contribution in [0, 0.1) is 0 Å². The second-order valence-corrected chi connectivity index (χ2v) is 8.22. The molecule has 8 heteroatoms. The number of benzene rings is 3. The number of halogens is 3. The number of nitrogens with two attached hydrogens (primary N) is 1. The molecule has 0 unspecified atom stereocenters. The van der Waals surface area contributed by atoms with Crippen LogP contribution in [0.5, 0.6) is 0 Å². The van der Waals surface area contributed by atoms with Crippen LogP contribution in [-0.4, -0.2) is 14.6 Å². The fourth-order valence-corrected chi connectivity index (χ4v) is 4.02. The van der Waals surface area contributed by atoms with Crippen molar-refractivity contribution >= 4 is 56.6 Å². The average molecular weight is 468 g/mol. The van der Waals surface area contributed by atoms with E-state index < -0.39 is 5.56 Å². The number of rotatable bonds is 2. The van der Waals surface area contributed by atoms with Crippen LogP contribution >= 0.6 is 34.8 Å². The van der Waals surface area contributed by atoms with Gasteiger partial charge in [-0.25, -0.2) is 14.6 Å². The zero-order chi connectivity index (χ0) is 21.7. The second kappa shape index (κ2) is 7.54. The summed E-state index contributed by atoms with van der Waals surface area (Å²) in [5.74, 6) is 6.49. The molecule has 5 aromatic rings. The maximum atomic E-state index is 13.4. The minimum atomic E-state index is -0.403. The molecule has 31 heavy (non-hydrogen) atoms. The Morgan fingerprint density at radius 3 is 2.00 bits per heavy atom. The van der Waals surface area contributed by atoms with E-state index in [0.29, 0.717) is 54.0 Å². The van der Waals surface area contributed by atoms with Crippen LogP contribution in [0.4, 0.5) is 0 Å². The van der Waals surface area contributed by atoms with Crippen molar-refractivity contribution in [3.05, 3.63) is 92.2 Å². The highest BCUT2D eigenvalue weighted by atomic mass is 35.5. The Balaban J connectivity index is 1.96. The molecule has 0 aliphatic rings. The summed E-state index contributed by atoms with van der Waals surface area (Å²) in [6.45, 7) is 0. The lowest BCUT2D eigenvalue weighted by Crippen LogP contribution is -2.30. The fraction of sp³-hybridized carbons (Fsp3) is 0. The van der Waals surface area contributed by atoms with Gasteiger partial charge in [-0.05, 0) is 42.5 Å². The van der Waals surface area contributed by atoms with Gasteiger partial charge < -0.3 is 5.84 Å². The standard InChI is InChI=1S/C23H13Cl3N4O/c24-14-8-4-12(5-9-14)19-21-18(16-2-1-3-17(26)20(16)28-19)23(31)30(27)22(29-21)13-6-10-15(25)11-7-13/h1-11H,27H2. The van der Waals surface area contributed by atoms with Gasteiger partial charge >= 0.3 is 0 Å². The van der Waals surface area contributed by atoms with Crippen molar-refractivity contribution in [1.29, 1.82) is 0 Å². The Morgan fingerprint density at radius 2 is 1.35 bits per heavy atom. The van der Waals surface area contributed by atoms with E-state index in [9.17, 15) is 4.79 Å². The SMILES string of the molecule is Nn1c(-c2ccc(Cl)cc2)nc2c(-c3ccc(Cl)cc3)nc3c(Cl)cccc3c2c1=O. The Kier molecular flexibility index (Phi) is 4.82. The number of para-hydroxylation sites is 1. The molecule has 152 valence electrons. The first-order valence-corrected chi connectivity index (χ1v) is 10.4. The molecule has 0 bridgehead atoms. The van der Waals surface area contributed by atoms with Crippen molar-refractivity contribution in [3.63, 3.8) is 0 Å². The van der Waals surface area contributed by atoms with Gasteiger partial charge in [-0.2, -0.15) is 0 Å². The lowest BCUT2D eigenvalue weighted by molar-refractivity contribution is 0.928. The maximum Gasteiger partial charge on any atom is 0.280 e. The molecule has 2 heterocycles. The number of hydrogen-bond donors (Lipinski definition) is 1. The van der Waals surface area contributed by atoms with E-state index in [1.54, 1.807) is 54.6 Å². The highest BCUT2D eigenvalue weighted by Crippen LogP contribution is 2.34. The van der Waals surface area contributed by atoms with Crippen molar-refractivity contribution in [1.82, 2.24) is 14.6 Å². The van der Waals surface area contributed by atoms with Crippen molar-refractivity contribution in [3.8, 4) is 22.6 Å². The molecular weight excluding hydrogens is 455 g/mol. The Hall–Kier alpha value is -3.12. The molecule has 2 aromatic heterocycles. The van der Waals surface area contributed by atoms with Crippen LogP contribution in [0.25, 0.3) is 44.5 Å². The number of aromatic nitrogens is 3. The monoisotopic (exact) mass is 466 g/mol. The van der Waals surface area contributed by atoms with Gasteiger partial charge in [0, 0.05) is 26.6 Å². The summed E-state index contributed by atoms with van der Waals surface area (Å²) in [5.41, 5.74) is 2.44. The Labute approximate surface area is 191 Å². The molecular formula is C23H13Cl3N4O. The zero-order valence-electron chi connectivity index (χ0n) is 15.8. The van der Waals surface area contributed by atoms with Crippen LogP contribution < -0.4 is 11.4 Å². The van der Waals surface area contributed by atoms with E-state index in [-0.39, 0.29) is 0 Å². The molecule has 5 nitrogen and oxygen atoms in total. The van der Waals surface area contributed by atoms with Crippen LogP contribution in [0.3, 0.4) is 0 Å². The largest absolute Gasteiger partial charge is 0.334 e. The van der Waals surface area contributed by atoms with E-state index in [1.165, 1.54) is 0 Å². The number of nitrogens with zero attached hydrogens (tertiary/aromatic N) is 3. The summed E-state index contributed by atoms with van der Waals surface area (Å²) < 4.78 is 1.04. The van der Waals surface area contributed by atoms with Gasteiger partial charge in [-0.3, -0.25) is 4.79 Å². The quantitative estimate of drug-likeness (QED) is 0.257. The van der Waals surface area contributed by atoms with Gasteiger partial charge in [0.15, 0.2) is 5.82 Å². The minimum absolute atomic E-state index is 0.299. The van der Waals surface area contributed by atoms with Gasteiger partial charge in [0.2, 0.25) is 0 Å². The van der Waals surface area contributed by atoms with Crippen LogP contribution in [0.15, 0.2) is 71.5 Å². The first-order chi connectivity index (χ1) is 14.9. The third kappa shape index (κ3) is 3.31. The molecule has 0 radical (unpaired) electrons. The number of nitrogen functional groups attached to an aromatic ring is 1. The molecule has 0 amide bonds. The van der Waals surface area contributed by atoms with Gasteiger partial charge in [0.1, 0.15) is 5.52 Å². The Morgan fingerprint density at radius 1 is 0.742 bits per heavy atom. The summed E-state index contributed by atoms with van der Waals surface area (Å²) >= 11 is 18.5. The smallest absolute Gasteiger partial charge is 0.280 e. The minimum Gasteiger partial charge on any atom is -0.334 e. The van der Waals surface area contributed by atoms with Gasteiger partial charge in [-0.1, -0.05) is 59.1 Å². The van der Waals surface area contributed by atoms with Gasteiger partial charge in [0.25, 0.3) is 5.56 Å². The highest BCUT2D eigenvalue weighted by molar-refractivity contribution is 6.36. The summed E-state index contributed by atoms with van der Waals surface area (Å²) in [6, 6.07) is 19.4. The molecule has 0 aliphatic heterocycles. The number of hydrogen-bond acceptors (Lipinski definition) is 4. The topological polar surface area (TPSA) is 73.8 Å². The van der Waals surface area contributed by atoms with E-state index in [1.807, 2.05) is 12.1 Å². The maximum absolute atomic E-state index is 13.4. The summed E-state index contributed by atoms with van der Waals surface area (Å²) in [5, 5.41) is 2.52. The normalized spacial score (nSPS) is 11.3. The Bertz CT molecular complexity index is 1530. The molecule has 0 saturated carbocycles. The van der Waals surface area contributed by atoms with Crippen molar-refractivity contribution in [2.45, 2.75) is 0 Å². The van der Waals surface area contributed by atoms with E-state index >= 15 is 0 Å². The molecule has 2 N–H and O–H groups in total. The number of fused-ring (bicyclic) bond motifs is 3. The zero-order valence-corrected chi connectivity index (χ0v) is 18.1. The third-order valence-electron chi connectivity index (χ3n) is 5.04. The number of pyridine rings is 1. The molecule has 0 saturated heterocycles. The van der Waals surface area contributed by atoms with Crippen molar-refractivity contribution in [2.24, 2.45) is 0 Å². The average Bonchev–Trinajstić information content (AvgIpc) is 2.77. The first-order valence-electron chi connectivity index (χ1n) is 9.26. The van der Waals surface area contributed by atoms with E-state index in [0.717, 1.165) is 10.2 Å². The molecule has 3 aromatic carbocycles. The predicted molar refractivity (Wildman–Crippen MR) is 127 cm³/mol. The lowest BCUT2D eigenvalue weighted by atomic mass is 10.0. The molecule has 0 spiro atoms. The van der Waals surface area contributed by atoms with E-state index in [4.69, 9.17) is 50.6 Å². The first kappa shape index (κ1) is 19.8. The van der Waals surface area contributed by atoms with Crippen LogP contribution in [0.1, 0.15) is 0 Å². The van der Waals surface area contributed by atoms with Crippen LogP contribution in [-0.2, 0) is 0 Å². The van der Waals surface area contributed by atoms with E-state index in [2.05, 4.69) is 0 Å². The summed E-state index contributed by atoms with van der Waals surface area (Å²) in [4.78, 5) is 23.0. The predicted octanol–water partition coefficient (Wildman–Crippen LogP) is 5.95. The molecule has 0 atom stereocenters. The van der Waals surface area contributed by atoms with Gasteiger partial charge in [-0.15, -0.1) is 0 Å². The fourth-order valence-electron chi connectivity index (χ4n) is 3.55. The van der Waals surface area contributed by atoms with Crippen LogP contribution in [0.2, 0.25) is 15.1 Å². The lowest BCUT2D eigenvalue weighted by Gasteiger charge is -2.14. The molecule has 0 aliphatic carbocycles. The summed E-state index contributed by atoms with van der Waals surface area (Å²) in [6.07, 6.45) is 0. The van der Waals surface area contributed by atoms with Gasteiger partial charge in [0.05, 0.1) is 21.6 Å². The molecule has 5 rings (SSSR count). The molecule has 0 fully saturated rings. The van der Waals surface area contributed by atoms with Crippen molar-refractivity contribution < 1.29 is 0 Å². The summed E-state index contributed by atoms with van der Waals surface area (Å²) in [7, 11) is 0.